The Kier molecular flexibility index (Phi) is 1.39. The van der Waals surface area contributed by atoms with Gasteiger partial charge in [0.1, 0.15) is 4.99 Å². The minimum absolute atomic E-state index is 0.645. The lowest BCUT2D eigenvalue weighted by Crippen LogP contribution is -2.06. The topological polar surface area (TPSA) is 38.4 Å². The summed E-state index contributed by atoms with van der Waals surface area (Å²) in [5.41, 5.74) is 6.20. The van der Waals surface area contributed by atoms with Crippen LogP contribution in [-0.4, -0.2) is 11.2 Å². The van der Waals surface area contributed by atoms with Gasteiger partial charge < -0.3 is 5.73 Å². The van der Waals surface area contributed by atoms with Crippen LogP contribution in [0.2, 0.25) is 0 Å². The molecule has 0 aromatic heterocycles. The van der Waals surface area contributed by atoms with Gasteiger partial charge in [0.05, 0.1) is 0 Å². The molecule has 0 atom stereocenters. The Morgan fingerprint density at radius 1 is 1.75 bits per heavy atom. The van der Waals surface area contributed by atoms with E-state index in [4.69, 9.17) is 18.0 Å². The molecule has 0 amide bonds. The SMILES string of the molecule is NC1=CC=NC(=S)C1. The molecule has 0 spiro atoms. The van der Waals surface area contributed by atoms with Crippen molar-refractivity contribution in [3.8, 4) is 0 Å². The number of allylic oxidation sites excluding steroid dienone is 1. The van der Waals surface area contributed by atoms with Crippen LogP contribution in [0.1, 0.15) is 6.42 Å². The minimum atomic E-state index is 0.645. The van der Waals surface area contributed by atoms with Crippen LogP contribution in [0, 0.1) is 0 Å². The van der Waals surface area contributed by atoms with E-state index in [-0.39, 0.29) is 0 Å². The predicted molar refractivity (Wildman–Crippen MR) is 38.0 cm³/mol. The van der Waals surface area contributed by atoms with Crippen LogP contribution in [0.15, 0.2) is 16.8 Å². The highest BCUT2D eigenvalue weighted by atomic mass is 32.1. The third kappa shape index (κ3) is 1.13. The molecule has 1 heterocycles. The third-order valence-corrected chi connectivity index (χ3v) is 1.11. The van der Waals surface area contributed by atoms with Gasteiger partial charge in [-0.3, -0.25) is 0 Å². The van der Waals surface area contributed by atoms with Gasteiger partial charge in [0.15, 0.2) is 0 Å². The lowest BCUT2D eigenvalue weighted by Gasteiger charge is -2.00. The number of hydrogen-bond acceptors (Lipinski definition) is 2. The molecule has 0 saturated heterocycles. The Hall–Kier alpha value is -0.700. The van der Waals surface area contributed by atoms with Crippen molar-refractivity contribution in [3.05, 3.63) is 11.8 Å². The summed E-state index contributed by atoms with van der Waals surface area (Å²) in [5, 5.41) is 0. The molecule has 0 aliphatic carbocycles. The summed E-state index contributed by atoms with van der Waals surface area (Å²) >= 11 is 4.76. The highest BCUT2D eigenvalue weighted by molar-refractivity contribution is 7.80. The van der Waals surface area contributed by atoms with E-state index in [0.717, 1.165) is 5.70 Å². The molecule has 1 rings (SSSR count). The third-order valence-electron chi connectivity index (χ3n) is 0.862. The second kappa shape index (κ2) is 2.05. The second-order valence-electron chi connectivity index (χ2n) is 1.59. The van der Waals surface area contributed by atoms with Crippen molar-refractivity contribution >= 4 is 23.4 Å². The maximum atomic E-state index is 5.41. The monoisotopic (exact) mass is 126 g/mol. The van der Waals surface area contributed by atoms with Crippen molar-refractivity contribution < 1.29 is 0 Å². The van der Waals surface area contributed by atoms with E-state index >= 15 is 0 Å². The van der Waals surface area contributed by atoms with Gasteiger partial charge >= 0.3 is 0 Å². The van der Waals surface area contributed by atoms with Crippen molar-refractivity contribution in [1.82, 2.24) is 0 Å². The van der Waals surface area contributed by atoms with E-state index in [1.54, 1.807) is 12.3 Å². The van der Waals surface area contributed by atoms with Gasteiger partial charge in [-0.2, -0.15) is 0 Å². The van der Waals surface area contributed by atoms with Gasteiger partial charge in [0, 0.05) is 18.3 Å². The molecule has 42 valence electrons. The lowest BCUT2D eigenvalue weighted by molar-refractivity contribution is 1.21. The zero-order valence-corrected chi connectivity index (χ0v) is 5.11. The first-order chi connectivity index (χ1) is 3.79. The molecule has 0 aromatic rings. The average Bonchev–Trinajstić information content (AvgIpc) is 1.64. The molecule has 2 N–H and O–H groups in total. The van der Waals surface area contributed by atoms with Gasteiger partial charge in [0.2, 0.25) is 0 Å². The molecule has 0 radical (unpaired) electrons. The fourth-order valence-electron chi connectivity index (χ4n) is 0.495. The van der Waals surface area contributed by atoms with Crippen molar-refractivity contribution in [2.24, 2.45) is 10.7 Å². The number of nitrogens with zero attached hydrogens (tertiary/aromatic N) is 1. The van der Waals surface area contributed by atoms with E-state index in [0.29, 0.717) is 11.4 Å². The molecule has 0 aromatic carbocycles. The Bertz CT molecular complexity index is 169. The van der Waals surface area contributed by atoms with Gasteiger partial charge in [-0.25, -0.2) is 4.99 Å². The van der Waals surface area contributed by atoms with Crippen molar-refractivity contribution in [1.29, 1.82) is 0 Å². The molecule has 1 aliphatic rings. The number of nitrogens with two attached hydrogens (primary N) is 1. The van der Waals surface area contributed by atoms with E-state index in [1.165, 1.54) is 0 Å². The summed E-state index contributed by atoms with van der Waals surface area (Å²) in [5.74, 6) is 0. The van der Waals surface area contributed by atoms with Gasteiger partial charge in [0.25, 0.3) is 0 Å². The van der Waals surface area contributed by atoms with Crippen LogP contribution in [0.25, 0.3) is 0 Å². The summed E-state index contributed by atoms with van der Waals surface area (Å²) in [6.45, 7) is 0. The Morgan fingerprint density at radius 2 is 2.50 bits per heavy atom. The number of aliphatic imine (C=N–C) groups is 1. The van der Waals surface area contributed by atoms with Crippen LogP contribution in [0.4, 0.5) is 0 Å². The first-order valence-corrected chi connectivity index (χ1v) is 2.71. The fourth-order valence-corrected chi connectivity index (χ4v) is 0.723. The summed E-state index contributed by atoms with van der Waals surface area (Å²) in [7, 11) is 0. The predicted octanol–water partition coefficient (Wildman–Crippen LogP) is 0.631. The number of dihydropyridines is 1. The Morgan fingerprint density at radius 3 is 2.88 bits per heavy atom. The first-order valence-electron chi connectivity index (χ1n) is 2.30. The fraction of sp³-hybridized carbons (Fsp3) is 0.200. The van der Waals surface area contributed by atoms with Gasteiger partial charge in [-0.15, -0.1) is 0 Å². The molecule has 0 unspecified atom stereocenters. The van der Waals surface area contributed by atoms with E-state index in [9.17, 15) is 0 Å². The molecule has 1 aliphatic heterocycles. The molecule has 0 bridgehead atoms. The van der Waals surface area contributed by atoms with Crippen LogP contribution in [0.3, 0.4) is 0 Å². The molecule has 8 heavy (non-hydrogen) atoms. The first kappa shape index (κ1) is 5.44. The summed E-state index contributed by atoms with van der Waals surface area (Å²) < 4.78 is 0. The van der Waals surface area contributed by atoms with Gasteiger partial charge in [-0.05, 0) is 6.08 Å². The number of hydrogen-bond donors (Lipinski definition) is 1. The van der Waals surface area contributed by atoms with E-state index in [2.05, 4.69) is 4.99 Å². The van der Waals surface area contributed by atoms with Crippen LogP contribution >= 0.6 is 12.2 Å². The highest BCUT2D eigenvalue weighted by Gasteiger charge is 1.97. The minimum Gasteiger partial charge on any atom is -0.402 e. The maximum absolute atomic E-state index is 5.41. The Labute approximate surface area is 53.1 Å². The highest BCUT2D eigenvalue weighted by Crippen LogP contribution is 2.00. The molecule has 2 nitrogen and oxygen atoms in total. The maximum Gasteiger partial charge on any atom is 0.109 e. The van der Waals surface area contributed by atoms with E-state index < -0.39 is 0 Å². The molecule has 3 heteroatoms. The largest absolute Gasteiger partial charge is 0.402 e. The number of thiocarbonyl (C=S) groups is 1. The zero-order valence-electron chi connectivity index (χ0n) is 4.29. The van der Waals surface area contributed by atoms with Crippen molar-refractivity contribution in [2.45, 2.75) is 6.42 Å². The number of rotatable bonds is 0. The molecule has 0 fully saturated rings. The van der Waals surface area contributed by atoms with Crippen LogP contribution in [-0.2, 0) is 0 Å². The lowest BCUT2D eigenvalue weighted by atomic mass is 10.3. The zero-order chi connectivity index (χ0) is 5.98. The second-order valence-corrected chi connectivity index (χ2v) is 2.06. The van der Waals surface area contributed by atoms with Gasteiger partial charge in [-0.1, -0.05) is 12.2 Å². The summed E-state index contributed by atoms with van der Waals surface area (Å²) in [6.07, 6.45) is 4.03. The van der Waals surface area contributed by atoms with E-state index in [1.807, 2.05) is 0 Å². The van der Waals surface area contributed by atoms with Crippen LogP contribution in [0.5, 0.6) is 0 Å². The molecular weight excluding hydrogens is 120 g/mol. The summed E-state index contributed by atoms with van der Waals surface area (Å²) in [4.78, 5) is 4.50. The smallest absolute Gasteiger partial charge is 0.109 e. The average molecular weight is 126 g/mol. The molecule has 0 saturated carbocycles. The normalized spacial score (nSPS) is 18.5. The Balaban J connectivity index is 2.73. The quantitative estimate of drug-likeness (QED) is 0.483. The standard InChI is InChI=1S/C5H6N2S/c6-4-1-2-7-5(8)3-4/h1-2H,3,6H2. The summed E-state index contributed by atoms with van der Waals surface area (Å²) in [6, 6.07) is 0. The van der Waals surface area contributed by atoms with Crippen molar-refractivity contribution in [2.75, 3.05) is 0 Å². The van der Waals surface area contributed by atoms with Crippen molar-refractivity contribution in [3.63, 3.8) is 0 Å². The van der Waals surface area contributed by atoms with Crippen LogP contribution < -0.4 is 5.73 Å². The molecular formula is C5H6N2S.